The van der Waals surface area contributed by atoms with Gasteiger partial charge in [0.15, 0.2) is 0 Å². The average Bonchev–Trinajstić information content (AvgIpc) is 2.34. The predicted octanol–water partition coefficient (Wildman–Crippen LogP) is 4.64. The lowest BCUT2D eigenvalue weighted by Crippen LogP contribution is -2.06. The molecule has 0 radical (unpaired) electrons. The Kier molecular flexibility index (Phi) is 3.92. The molecule has 1 atom stereocenters. The van der Waals surface area contributed by atoms with E-state index in [2.05, 4.69) is 41.2 Å². The van der Waals surface area contributed by atoms with E-state index in [0.29, 0.717) is 5.75 Å². The van der Waals surface area contributed by atoms with E-state index in [4.69, 9.17) is 0 Å². The van der Waals surface area contributed by atoms with Gasteiger partial charge in [-0.15, -0.1) is 0 Å². The van der Waals surface area contributed by atoms with Gasteiger partial charge in [-0.3, -0.25) is 0 Å². The fourth-order valence-corrected chi connectivity index (χ4v) is 2.08. The van der Waals surface area contributed by atoms with Crippen molar-refractivity contribution in [3.05, 3.63) is 58.1 Å². The quantitative estimate of drug-likeness (QED) is 0.866. The largest absolute Gasteiger partial charge is 0.508 e. The van der Waals surface area contributed by atoms with Gasteiger partial charge < -0.3 is 10.4 Å². The van der Waals surface area contributed by atoms with E-state index in [1.807, 2.05) is 24.3 Å². The zero-order chi connectivity index (χ0) is 13.1. The zero-order valence-electron chi connectivity index (χ0n) is 10.4. The molecular weight excluding hydrogens is 290 g/mol. The topological polar surface area (TPSA) is 32.3 Å². The average molecular weight is 306 g/mol. The number of nitrogens with one attached hydrogen (secondary N) is 1. The molecule has 0 bridgehead atoms. The molecule has 3 heteroatoms. The number of rotatable bonds is 3. The molecular formula is C15H16BrNO. The van der Waals surface area contributed by atoms with Crippen LogP contribution in [0.2, 0.25) is 0 Å². The van der Waals surface area contributed by atoms with Crippen LogP contribution in [-0.4, -0.2) is 5.11 Å². The molecule has 2 nitrogen and oxygen atoms in total. The van der Waals surface area contributed by atoms with Crippen LogP contribution in [0, 0.1) is 6.92 Å². The van der Waals surface area contributed by atoms with Crippen molar-refractivity contribution in [3.63, 3.8) is 0 Å². The predicted molar refractivity (Wildman–Crippen MR) is 79.0 cm³/mol. The summed E-state index contributed by atoms with van der Waals surface area (Å²) in [4.78, 5) is 0. The number of halogens is 1. The molecule has 0 saturated heterocycles. The van der Waals surface area contributed by atoms with Gasteiger partial charge in [0, 0.05) is 16.2 Å². The second kappa shape index (κ2) is 5.44. The normalized spacial score (nSPS) is 12.2. The van der Waals surface area contributed by atoms with Crippen LogP contribution in [0.5, 0.6) is 5.75 Å². The molecule has 2 aromatic carbocycles. The van der Waals surface area contributed by atoms with Crippen LogP contribution < -0.4 is 5.32 Å². The van der Waals surface area contributed by atoms with Crippen molar-refractivity contribution in [2.75, 3.05) is 5.32 Å². The van der Waals surface area contributed by atoms with E-state index in [0.717, 1.165) is 15.7 Å². The highest BCUT2D eigenvalue weighted by Gasteiger charge is 2.06. The number of hydrogen-bond acceptors (Lipinski definition) is 2. The number of aryl methyl sites for hydroxylation is 1. The van der Waals surface area contributed by atoms with Crippen LogP contribution in [0.15, 0.2) is 46.9 Å². The van der Waals surface area contributed by atoms with E-state index < -0.39 is 0 Å². The Morgan fingerprint density at radius 1 is 1.11 bits per heavy atom. The minimum atomic E-state index is 0.200. The number of anilines is 1. The highest BCUT2D eigenvalue weighted by molar-refractivity contribution is 9.10. The first-order valence-electron chi connectivity index (χ1n) is 5.88. The highest BCUT2D eigenvalue weighted by atomic mass is 79.9. The molecule has 0 aliphatic heterocycles. The third kappa shape index (κ3) is 3.05. The second-order valence-electron chi connectivity index (χ2n) is 4.42. The van der Waals surface area contributed by atoms with Crippen molar-refractivity contribution in [2.45, 2.75) is 19.9 Å². The number of phenols is 1. The maximum Gasteiger partial charge on any atom is 0.115 e. The molecule has 0 saturated carbocycles. The summed E-state index contributed by atoms with van der Waals surface area (Å²) in [7, 11) is 0. The highest BCUT2D eigenvalue weighted by Crippen LogP contribution is 2.24. The molecule has 2 aromatic rings. The summed E-state index contributed by atoms with van der Waals surface area (Å²) >= 11 is 3.49. The maximum atomic E-state index is 9.27. The molecule has 0 fully saturated rings. The van der Waals surface area contributed by atoms with E-state index >= 15 is 0 Å². The van der Waals surface area contributed by atoms with Gasteiger partial charge in [0.25, 0.3) is 0 Å². The molecule has 2 N–H and O–H groups in total. The van der Waals surface area contributed by atoms with Gasteiger partial charge in [0.2, 0.25) is 0 Å². The van der Waals surface area contributed by atoms with Crippen LogP contribution in [0.3, 0.4) is 0 Å². The molecule has 2 rings (SSSR count). The first-order chi connectivity index (χ1) is 8.56. The second-order valence-corrected chi connectivity index (χ2v) is 5.28. The molecule has 0 aliphatic rings. The van der Waals surface area contributed by atoms with Crippen LogP contribution in [0.4, 0.5) is 5.69 Å². The molecule has 0 amide bonds. The number of hydrogen-bond donors (Lipinski definition) is 2. The summed E-state index contributed by atoms with van der Waals surface area (Å²) in [6.45, 7) is 4.17. The Balaban J connectivity index is 2.13. The Bertz CT molecular complexity index is 537. The van der Waals surface area contributed by atoms with Crippen LogP contribution in [-0.2, 0) is 0 Å². The molecule has 18 heavy (non-hydrogen) atoms. The summed E-state index contributed by atoms with van der Waals surface area (Å²) in [6.07, 6.45) is 0. The van der Waals surface area contributed by atoms with Crippen molar-refractivity contribution in [2.24, 2.45) is 0 Å². The van der Waals surface area contributed by atoms with E-state index in [1.54, 1.807) is 12.1 Å². The molecule has 0 heterocycles. The SMILES string of the molecule is Cc1cc(NC(C)c2ccc(O)cc2)ccc1Br. The third-order valence-corrected chi connectivity index (χ3v) is 3.82. The lowest BCUT2D eigenvalue weighted by molar-refractivity contribution is 0.475. The van der Waals surface area contributed by atoms with Crippen molar-refractivity contribution in [1.82, 2.24) is 0 Å². The van der Waals surface area contributed by atoms with Gasteiger partial charge >= 0.3 is 0 Å². The van der Waals surface area contributed by atoms with Crippen LogP contribution in [0.25, 0.3) is 0 Å². The maximum absolute atomic E-state index is 9.27. The van der Waals surface area contributed by atoms with Crippen molar-refractivity contribution < 1.29 is 5.11 Å². The molecule has 0 spiro atoms. The Labute approximate surface area is 116 Å². The third-order valence-electron chi connectivity index (χ3n) is 2.93. The van der Waals surface area contributed by atoms with Gasteiger partial charge in [-0.2, -0.15) is 0 Å². The zero-order valence-corrected chi connectivity index (χ0v) is 12.0. The van der Waals surface area contributed by atoms with Crippen LogP contribution in [0.1, 0.15) is 24.1 Å². The van der Waals surface area contributed by atoms with Gasteiger partial charge in [0.1, 0.15) is 5.75 Å². The summed E-state index contributed by atoms with van der Waals surface area (Å²) < 4.78 is 1.12. The Morgan fingerprint density at radius 3 is 2.39 bits per heavy atom. The summed E-state index contributed by atoms with van der Waals surface area (Å²) in [5.41, 5.74) is 3.45. The van der Waals surface area contributed by atoms with Crippen molar-refractivity contribution in [3.8, 4) is 5.75 Å². The first kappa shape index (κ1) is 13.0. The summed E-state index contributed by atoms with van der Waals surface area (Å²) in [5.74, 6) is 0.297. The molecule has 0 aromatic heterocycles. The minimum Gasteiger partial charge on any atom is -0.508 e. The minimum absolute atomic E-state index is 0.200. The molecule has 1 unspecified atom stereocenters. The monoisotopic (exact) mass is 305 g/mol. The van der Waals surface area contributed by atoms with E-state index in [1.165, 1.54) is 5.56 Å². The number of phenolic OH excluding ortho intramolecular Hbond substituents is 1. The molecule has 0 aliphatic carbocycles. The number of aromatic hydroxyl groups is 1. The first-order valence-corrected chi connectivity index (χ1v) is 6.67. The summed E-state index contributed by atoms with van der Waals surface area (Å²) in [5, 5.41) is 12.7. The Morgan fingerprint density at radius 2 is 1.78 bits per heavy atom. The van der Waals surface area contributed by atoms with Crippen LogP contribution >= 0.6 is 15.9 Å². The standard InChI is InChI=1S/C15H16BrNO/c1-10-9-13(5-8-15(10)16)17-11(2)12-3-6-14(18)7-4-12/h3-9,11,17-18H,1-2H3. The van der Waals surface area contributed by atoms with Gasteiger partial charge in [-0.1, -0.05) is 28.1 Å². The number of benzene rings is 2. The summed E-state index contributed by atoms with van der Waals surface area (Å²) in [6, 6.07) is 13.7. The smallest absolute Gasteiger partial charge is 0.115 e. The van der Waals surface area contributed by atoms with Crippen molar-refractivity contribution >= 4 is 21.6 Å². The van der Waals surface area contributed by atoms with Gasteiger partial charge in [-0.05, 0) is 55.3 Å². The van der Waals surface area contributed by atoms with E-state index in [-0.39, 0.29) is 6.04 Å². The van der Waals surface area contributed by atoms with Gasteiger partial charge in [0.05, 0.1) is 0 Å². The lowest BCUT2D eigenvalue weighted by Gasteiger charge is -2.16. The van der Waals surface area contributed by atoms with E-state index in [9.17, 15) is 5.11 Å². The van der Waals surface area contributed by atoms with Crippen molar-refractivity contribution in [1.29, 1.82) is 0 Å². The Hall–Kier alpha value is -1.48. The fraction of sp³-hybridized carbons (Fsp3) is 0.200. The lowest BCUT2D eigenvalue weighted by atomic mass is 10.1. The molecule has 94 valence electrons. The fourth-order valence-electron chi connectivity index (χ4n) is 1.83. The van der Waals surface area contributed by atoms with Gasteiger partial charge in [-0.25, -0.2) is 0 Å².